The first-order chi connectivity index (χ1) is 19.6. The fourth-order valence-corrected chi connectivity index (χ4v) is 5.33. The zero-order chi connectivity index (χ0) is 29.1. The Morgan fingerprint density at radius 1 is 1.00 bits per heavy atom. The quantitative estimate of drug-likeness (QED) is 0.201. The number of hydrogen-bond acceptors (Lipinski definition) is 7. The maximum absolute atomic E-state index is 14.2. The van der Waals surface area contributed by atoms with Gasteiger partial charge in [0.2, 0.25) is 12.0 Å². The van der Waals surface area contributed by atoms with Gasteiger partial charge in [0.25, 0.3) is 0 Å². The zero-order valence-corrected chi connectivity index (χ0v) is 22.4. The Bertz CT molecular complexity index is 1670. The standard InChI is InChI=1S/C30H24F3N3O4S/c1-39-22-4-2-3-21(14-22)18-9-11-20(12-10-18)27(30(31,32)33)40-28-26-25(35-16-36-28)23(15-41-26)19-7-5-17(6-8-19)13-24(34)29(37)38/h2-12,14-16,24,27H,13,34H2,1H3,(H,37,38)/t24-,27+/m0/s1. The third-order valence-electron chi connectivity index (χ3n) is 6.50. The lowest BCUT2D eigenvalue weighted by Crippen LogP contribution is -2.32. The summed E-state index contributed by atoms with van der Waals surface area (Å²) < 4.78 is 53.9. The van der Waals surface area contributed by atoms with E-state index >= 15 is 0 Å². The first-order valence-corrected chi connectivity index (χ1v) is 13.3. The number of aliphatic carboxylic acids is 1. The molecular formula is C30H24F3N3O4S. The van der Waals surface area contributed by atoms with Crippen molar-refractivity contribution in [2.75, 3.05) is 7.11 Å². The van der Waals surface area contributed by atoms with Crippen molar-refractivity contribution in [3.8, 4) is 33.9 Å². The molecule has 3 aromatic carbocycles. The Morgan fingerprint density at radius 3 is 2.37 bits per heavy atom. The van der Waals surface area contributed by atoms with Gasteiger partial charge in [0.05, 0.1) is 12.6 Å². The normalized spacial score (nSPS) is 13.1. The van der Waals surface area contributed by atoms with E-state index in [2.05, 4.69) is 9.97 Å². The van der Waals surface area contributed by atoms with Crippen molar-refractivity contribution in [2.24, 2.45) is 5.73 Å². The van der Waals surface area contributed by atoms with E-state index in [0.29, 0.717) is 21.5 Å². The molecule has 0 fully saturated rings. The van der Waals surface area contributed by atoms with Crippen LogP contribution in [-0.4, -0.2) is 40.4 Å². The van der Waals surface area contributed by atoms with Crippen LogP contribution in [0.2, 0.25) is 0 Å². The molecule has 0 bridgehead atoms. The van der Waals surface area contributed by atoms with Crippen LogP contribution < -0.4 is 15.2 Å². The number of hydrogen-bond donors (Lipinski definition) is 2. The first-order valence-electron chi connectivity index (χ1n) is 12.4. The monoisotopic (exact) mass is 579 g/mol. The molecule has 2 heterocycles. The Balaban J connectivity index is 1.42. The number of ether oxygens (including phenoxy) is 2. The topological polar surface area (TPSA) is 108 Å². The zero-order valence-electron chi connectivity index (χ0n) is 21.6. The molecule has 0 spiro atoms. The van der Waals surface area contributed by atoms with E-state index in [9.17, 15) is 18.0 Å². The molecule has 0 saturated heterocycles. The number of nitrogens with zero attached hydrogens (tertiary/aromatic N) is 2. The van der Waals surface area contributed by atoms with Gasteiger partial charge in [0.1, 0.15) is 22.8 Å². The van der Waals surface area contributed by atoms with Gasteiger partial charge in [-0.25, -0.2) is 9.97 Å². The van der Waals surface area contributed by atoms with Crippen LogP contribution in [0.3, 0.4) is 0 Å². The second-order valence-corrected chi connectivity index (χ2v) is 10.1. The molecular weight excluding hydrogens is 555 g/mol. The summed E-state index contributed by atoms with van der Waals surface area (Å²) in [4.78, 5) is 19.4. The molecule has 0 saturated carbocycles. The average Bonchev–Trinajstić information content (AvgIpc) is 3.41. The lowest BCUT2D eigenvalue weighted by molar-refractivity contribution is -0.198. The van der Waals surface area contributed by atoms with Gasteiger partial charge < -0.3 is 20.3 Å². The molecule has 0 aliphatic heterocycles. The molecule has 3 N–H and O–H groups in total. The van der Waals surface area contributed by atoms with Crippen LogP contribution in [0.25, 0.3) is 32.5 Å². The molecule has 0 aliphatic carbocycles. The Kier molecular flexibility index (Phi) is 7.91. The number of nitrogens with two attached hydrogens (primary N) is 1. The number of thiophene rings is 1. The molecule has 7 nitrogen and oxygen atoms in total. The number of halogens is 3. The van der Waals surface area contributed by atoms with Gasteiger partial charge in [-0.05, 0) is 40.8 Å². The van der Waals surface area contributed by atoms with Crippen LogP contribution in [0.15, 0.2) is 84.5 Å². The van der Waals surface area contributed by atoms with Crippen molar-refractivity contribution in [1.29, 1.82) is 0 Å². The van der Waals surface area contributed by atoms with Crippen LogP contribution in [0.4, 0.5) is 13.2 Å². The van der Waals surface area contributed by atoms with Crippen LogP contribution >= 0.6 is 11.3 Å². The summed E-state index contributed by atoms with van der Waals surface area (Å²) in [5, 5.41) is 10.8. The number of aromatic nitrogens is 2. The molecule has 0 unspecified atom stereocenters. The molecule has 2 atom stereocenters. The Hall–Kier alpha value is -4.48. The maximum Gasteiger partial charge on any atom is 0.429 e. The van der Waals surface area contributed by atoms with Crippen LogP contribution in [0.5, 0.6) is 11.6 Å². The predicted octanol–water partition coefficient (Wildman–Crippen LogP) is 6.67. The smallest absolute Gasteiger partial charge is 0.429 e. The third kappa shape index (κ3) is 6.16. The van der Waals surface area contributed by atoms with Gasteiger partial charge in [-0.1, -0.05) is 60.7 Å². The minimum Gasteiger partial charge on any atom is -0.497 e. The van der Waals surface area contributed by atoms with Crippen LogP contribution in [0.1, 0.15) is 17.2 Å². The number of rotatable bonds is 9. The van der Waals surface area contributed by atoms with Crippen molar-refractivity contribution in [3.05, 3.63) is 95.6 Å². The molecule has 11 heteroatoms. The van der Waals surface area contributed by atoms with E-state index in [4.69, 9.17) is 20.3 Å². The van der Waals surface area contributed by atoms with Gasteiger partial charge in [0.15, 0.2) is 0 Å². The summed E-state index contributed by atoms with van der Waals surface area (Å²) >= 11 is 1.18. The predicted molar refractivity (Wildman–Crippen MR) is 150 cm³/mol. The summed E-state index contributed by atoms with van der Waals surface area (Å²) in [7, 11) is 1.55. The minimum atomic E-state index is -4.71. The van der Waals surface area contributed by atoms with E-state index in [1.54, 1.807) is 61.0 Å². The highest BCUT2D eigenvalue weighted by molar-refractivity contribution is 7.18. The molecule has 5 rings (SSSR count). The Morgan fingerprint density at radius 2 is 1.71 bits per heavy atom. The SMILES string of the molecule is COc1cccc(-c2ccc([C@@H](Oc3ncnc4c(-c5ccc(C[C@H](N)C(=O)O)cc5)csc34)C(F)(F)F)cc2)c1. The molecule has 210 valence electrons. The number of carboxylic acid groups (broad SMARTS) is 1. The summed E-state index contributed by atoms with van der Waals surface area (Å²) in [5.41, 5.74) is 9.73. The van der Waals surface area contributed by atoms with Gasteiger partial charge in [-0.15, -0.1) is 11.3 Å². The fourth-order valence-electron chi connectivity index (χ4n) is 4.37. The summed E-state index contributed by atoms with van der Waals surface area (Å²) in [6, 6.07) is 19.3. The number of methoxy groups -OCH3 is 1. The van der Waals surface area contributed by atoms with Crippen molar-refractivity contribution in [2.45, 2.75) is 24.7 Å². The number of fused-ring (bicyclic) bond motifs is 1. The number of carboxylic acids is 1. The average molecular weight is 580 g/mol. The molecule has 41 heavy (non-hydrogen) atoms. The summed E-state index contributed by atoms with van der Waals surface area (Å²) in [6.45, 7) is 0. The highest BCUT2D eigenvalue weighted by Crippen LogP contribution is 2.42. The van der Waals surface area contributed by atoms with Gasteiger partial charge in [-0.3, -0.25) is 4.79 Å². The minimum absolute atomic E-state index is 0.0668. The number of alkyl halides is 3. The first kappa shape index (κ1) is 28.1. The van der Waals surface area contributed by atoms with Crippen LogP contribution in [0, 0.1) is 0 Å². The molecule has 0 amide bonds. The second-order valence-electron chi connectivity index (χ2n) is 9.25. The molecule has 0 aliphatic rings. The van der Waals surface area contributed by atoms with Crippen molar-refractivity contribution in [1.82, 2.24) is 9.97 Å². The highest BCUT2D eigenvalue weighted by Gasteiger charge is 2.43. The van der Waals surface area contributed by atoms with Gasteiger partial charge in [-0.2, -0.15) is 13.2 Å². The van der Waals surface area contributed by atoms with Gasteiger partial charge in [0, 0.05) is 16.5 Å². The Labute approximate surface area is 237 Å². The van der Waals surface area contributed by atoms with Crippen molar-refractivity contribution >= 4 is 27.5 Å². The molecule has 2 aromatic heterocycles. The maximum atomic E-state index is 14.2. The second kappa shape index (κ2) is 11.6. The van der Waals surface area contributed by atoms with E-state index in [0.717, 1.165) is 22.3 Å². The summed E-state index contributed by atoms with van der Waals surface area (Å²) in [6.07, 6.45) is -5.61. The highest BCUT2D eigenvalue weighted by atomic mass is 32.1. The number of carbonyl (C=O) groups is 1. The van der Waals surface area contributed by atoms with Gasteiger partial charge >= 0.3 is 12.1 Å². The van der Waals surface area contributed by atoms with E-state index in [1.807, 2.05) is 12.1 Å². The van der Waals surface area contributed by atoms with E-state index in [-0.39, 0.29) is 17.9 Å². The van der Waals surface area contributed by atoms with E-state index in [1.165, 1.54) is 29.8 Å². The lowest BCUT2D eigenvalue weighted by atomic mass is 10.0. The van der Waals surface area contributed by atoms with Crippen molar-refractivity contribution in [3.63, 3.8) is 0 Å². The van der Waals surface area contributed by atoms with Crippen molar-refractivity contribution < 1.29 is 32.5 Å². The molecule has 0 radical (unpaired) electrons. The number of benzene rings is 3. The largest absolute Gasteiger partial charge is 0.497 e. The van der Waals surface area contributed by atoms with E-state index < -0.39 is 24.3 Å². The lowest BCUT2D eigenvalue weighted by Gasteiger charge is -2.22. The fraction of sp³-hybridized carbons (Fsp3) is 0.167. The summed E-state index contributed by atoms with van der Waals surface area (Å²) in [5.74, 6) is -0.619. The third-order valence-corrected chi connectivity index (χ3v) is 7.46. The molecule has 5 aromatic rings. The van der Waals surface area contributed by atoms with Crippen LogP contribution in [-0.2, 0) is 11.2 Å².